The molecule has 0 heterocycles. The minimum absolute atomic E-state index is 0. The molecule has 7 aromatic rings. The summed E-state index contributed by atoms with van der Waals surface area (Å²) in [6, 6.07) is 63.7. The molecule has 270 valence electrons. The van der Waals surface area contributed by atoms with Gasteiger partial charge in [0.1, 0.15) is 42.1 Å². The van der Waals surface area contributed by atoms with Gasteiger partial charge in [-0.2, -0.15) is 0 Å². The molecule has 54 heavy (non-hydrogen) atoms. The van der Waals surface area contributed by atoms with E-state index in [1.807, 2.05) is 60.7 Å². The Kier molecular flexibility index (Phi) is 13.0. The monoisotopic (exact) mass is 794 g/mol. The van der Waals surface area contributed by atoms with Crippen LogP contribution in [0.25, 0.3) is 0 Å². The molecule has 0 saturated carbocycles. The van der Waals surface area contributed by atoms with Crippen LogP contribution >= 0.6 is 7.26 Å². The third-order valence-electron chi connectivity index (χ3n) is 9.06. The fraction of sp³-hybridized carbons (Fsp3) is 0.0851. The van der Waals surface area contributed by atoms with Crippen LogP contribution in [-0.4, -0.2) is 13.1 Å². The molecule has 0 aromatic heterocycles. The summed E-state index contributed by atoms with van der Waals surface area (Å²) in [5.74, 6) is 1.72. The summed E-state index contributed by atoms with van der Waals surface area (Å²) in [4.78, 5) is 12.2. The molecule has 0 saturated heterocycles. The van der Waals surface area contributed by atoms with Gasteiger partial charge in [0.2, 0.25) is 5.75 Å². The second-order valence-corrected chi connectivity index (χ2v) is 16.0. The van der Waals surface area contributed by atoms with E-state index in [-0.39, 0.29) is 17.0 Å². The highest BCUT2D eigenvalue weighted by Crippen LogP contribution is 2.59. The number of carbonyl (C=O) groups excluding carboxylic acids is 1. The van der Waals surface area contributed by atoms with Gasteiger partial charge in [-0.3, -0.25) is 0 Å². The van der Waals surface area contributed by atoms with Crippen molar-refractivity contribution in [1.82, 2.24) is 0 Å². The fourth-order valence-electron chi connectivity index (χ4n) is 6.46. The van der Waals surface area contributed by atoms with E-state index < -0.39 is 13.2 Å². The number of ether oxygens (including phenoxy) is 4. The number of halogens is 1. The summed E-state index contributed by atoms with van der Waals surface area (Å²) in [5, 5.41) is 3.82. The van der Waals surface area contributed by atoms with Gasteiger partial charge in [-0.15, -0.1) is 0 Å². The zero-order valence-corrected chi connectivity index (χ0v) is 32.4. The molecule has 7 rings (SSSR count). The van der Waals surface area contributed by atoms with Crippen LogP contribution in [0, 0.1) is 0 Å². The Morgan fingerprint density at radius 2 is 0.926 bits per heavy atom. The van der Waals surface area contributed by atoms with Gasteiger partial charge in [-0.25, -0.2) is 4.79 Å². The van der Waals surface area contributed by atoms with Crippen molar-refractivity contribution in [2.75, 3.05) is 7.11 Å². The normalized spacial score (nSPS) is 10.8. The Hall–Kier alpha value is -5.68. The summed E-state index contributed by atoms with van der Waals surface area (Å²) >= 11 is 0. The molecule has 0 unspecified atom stereocenters. The third kappa shape index (κ3) is 8.91. The molecule has 0 N–H and O–H groups in total. The Labute approximate surface area is 328 Å². The maximum atomic E-state index is 12.2. The molecular formula is C47H40BrO5P. The number of methoxy groups -OCH3 is 1. The largest absolute Gasteiger partial charge is 1.00 e. The van der Waals surface area contributed by atoms with Crippen molar-refractivity contribution < 1.29 is 40.7 Å². The standard InChI is InChI=1S/C47H40O5P.BrH/c1-49-47(48)39-27-29-40(30-28-39)52-45-32-38(31-44(50-33-36-17-7-2-8-18-36)46(45)51-34-37-19-9-3-10-20-37)35-53(41-21-11-4-12-22-41,42-23-13-5-14-24-42)43-25-15-6-16-26-43;/h2-32H,33-35H2,1H3;1H/q+1;/p-1. The topological polar surface area (TPSA) is 54.0 Å². The zero-order chi connectivity index (χ0) is 36.3. The number of hydrogen-bond acceptors (Lipinski definition) is 5. The first-order valence-electron chi connectivity index (χ1n) is 17.5. The molecule has 0 aliphatic heterocycles. The Bertz CT molecular complexity index is 2120. The van der Waals surface area contributed by atoms with Gasteiger partial charge in [0.05, 0.1) is 18.8 Å². The number of carbonyl (C=O) groups is 1. The lowest BCUT2D eigenvalue weighted by atomic mass is 10.2. The Morgan fingerprint density at radius 1 is 0.500 bits per heavy atom. The predicted octanol–water partition coefficient (Wildman–Crippen LogP) is 6.92. The molecular weight excluding hydrogens is 755 g/mol. The summed E-state index contributed by atoms with van der Waals surface area (Å²) in [6.45, 7) is 0.657. The maximum absolute atomic E-state index is 12.2. The van der Waals surface area contributed by atoms with Crippen LogP contribution in [0.5, 0.6) is 23.0 Å². The van der Waals surface area contributed by atoms with E-state index in [0.717, 1.165) is 16.7 Å². The number of benzene rings is 7. The quantitative estimate of drug-likeness (QED) is 0.0885. The van der Waals surface area contributed by atoms with Gasteiger partial charge < -0.3 is 35.9 Å². The number of rotatable bonds is 14. The minimum atomic E-state index is -2.28. The second-order valence-electron chi connectivity index (χ2n) is 12.6. The van der Waals surface area contributed by atoms with Gasteiger partial charge in [0.15, 0.2) is 11.5 Å². The molecule has 0 amide bonds. The summed E-state index contributed by atoms with van der Waals surface area (Å²) in [6.07, 6.45) is 0.698. The summed E-state index contributed by atoms with van der Waals surface area (Å²) in [7, 11) is -0.907. The van der Waals surface area contributed by atoms with Gasteiger partial charge in [-0.05, 0) is 89.5 Å². The average Bonchev–Trinajstić information content (AvgIpc) is 3.23. The highest BCUT2D eigenvalue weighted by Gasteiger charge is 2.45. The Morgan fingerprint density at radius 3 is 1.39 bits per heavy atom. The molecule has 0 radical (unpaired) electrons. The van der Waals surface area contributed by atoms with E-state index in [0.29, 0.717) is 47.9 Å². The summed E-state index contributed by atoms with van der Waals surface area (Å²) < 4.78 is 24.9. The van der Waals surface area contributed by atoms with Crippen molar-refractivity contribution >= 4 is 29.1 Å². The van der Waals surface area contributed by atoms with Crippen LogP contribution in [0.4, 0.5) is 0 Å². The van der Waals surface area contributed by atoms with E-state index >= 15 is 0 Å². The van der Waals surface area contributed by atoms with Crippen LogP contribution in [0.3, 0.4) is 0 Å². The molecule has 0 aliphatic rings. The van der Waals surface area contributed by atoms with Gasteiger partial charge in [-0.1, -0.05) is 115 Å². The number of esters is 1. The van der Waals surface area contributed by atoms with E-state index in [2.05, 4.69) is 103 Å². The lowest BCUT2D eigenvalue weighted by Gasteiger charge is -2.28. The zero-order valence-electron chi connectivity index (χ0n) is 29.9. The van der Waals surface area contributed by atoms with Crippen molar-refractivity contribution in [3.8, 4) is 23.0 Å². The fourth-order valence-corrected chi connectivity index (χ4v) is 10.7. The van der Waals surface area contributed by atoms with E-state index in [9.17, 15) is 4.79 Å². The SMILES string of the molecule is COC(=O)c1ccc(Oc2cc(C[P+](c3ccccc3)(c3ccccc3)c3ccccc3)cc(OCc3ccccc3)c2OCc2ccccc2)cc1.[Br-]. The molecule has 7 aromatic carbocycles. The lowest BCUT2D eigenvalue weighted by molar-refractivity contribution is -0.0000258. The van der Waals surface area contributed by atoms with E-state index in [1.165, 1.54) is 23.0 Å². The molecule has 0 fully saturated rings. The predicted molar refractivity (Wildman–Crippen MR) is 215 cm³/mol. The van der Waals surface area contributed by atoms with Crippen molar-refractivity contribution in [2.24, 2.45) is 0 Å². The molecule has 0 atom stereocenters. The first-order valence-corrected chi connectivity index (χ1v) is 19.5. The highest BCUT2D eigenvalue weighted by atomic mass is 79.9. The van der Waals surface area contributed by atoms with Crippen LogP contribution in [0.15, 0.2) is 188 Å². The molecule has 5 nitrogen and oxygen atoms in total. The second kappa shape index (κ2) is 18.4. The van der Waals surface area contributed by atoms with Crippen molar-refractivity contribution in [2.45, 2.75) is 19.4 Å². The average molecular weight is 796 g/mol. The molecule has 0 spiro atoms. The smallest absolute Gasteiger partial charge is 0.337 e. The van der Waals surface area contributed by atoms with E-state index in [1.54, 1.807) is 24.3 Å². The van der Waals surface area contributed by atoms with Crippen LogP contribution < -0.4 is 47.1 Å². The summed E-state index contributed by atoms with van der Waals surface area (Å²) in [5.41, 5.74) is 3.52. The van der Waals surface area contributed by atoms with Gasteiger partial charge >= 0.3 is 5.97 Å². The first-order chi connectivity index (χ1) is 26.1. The third-order valence-corrected chi connectivity index (χ3v) is 13.4. The van der Waals surface area contributed by atoms with Crippen LogP contribution in [-0.2, 0) is 24.1 Å². The van der Waals surface area contributed by atoms with Crippen molar-refractivity contribution in [3.05, 3.63) is 210 Å². The molecule has 0 aliphatic carbocycles. The van der Waals surface area contributed by atoms with Crippen LogP contribution in [0.1, 0.15) is 27.0 Å². The van der Waals surface area contributed by atoms with E-state index in [4.69, 9.17) is 18.9 Å². The van der Waals surface area contributed by atoms with Crippen molar-refractivity contribution in [1.29, 1.82) is 0 Å². The van der Waals surface area contributed by atoms with Crippen LogP contribution in [0.2, 0.25) is 0 Å². The maximum Gasteiger partial charge on any atom is 0.337 e. The first kappa shape index (κ1) is 38.1. The molecule has 7 heteroatoms. The highest BCUT2D eigenvalue weighted by molar-refractivity contribution is 7.95. The van der Waals surface area contributed by atoms with Gasteiger partial charge in [0, 0.05) is 0 Å². The Balaban J connectivity index is 0.00000497. The van der Waals surface area contributed by atoms with Gasteiger partial charge in [0.25, 0.3) is 0 Å². The van der Waals surface area contributed by atoms with Crippen molar-refractivity contribution in [3.63, 3.8) is 0 Å². The minimum Gasteiger partial charge on any atom is -1.00 e. The lowest BCUT2D eigenvalue weighted by Crippen LogP contribution is -3.00. The molecule has 0 bridgehead atoms. The number of hydrogen-bond donors (Lipinski definition) is 0.